The molecule has 0 atom stereocenters. The van der Waals surface area contributed by atoms with Crippen LogP contribution in [0.3, 0.4) is 0 Å². The van der Waals surface area contributed by atoms with Crippen molar-refractivity contribution in [1.82, 2.24) is 19.4 Å². The van der Waals surface area contributed by atoms with E-state index >= 15 is 0 Å². The van der Waals surface area contributed by atoms with Crippen LogP contribution in [0.15, 0.2) is 87.5 Å². The monoisotopic (exact) mass is 613 g/mol. The average molecular weight is 614 g/mol. The second-order valence-electron chi connectivity index (χ2n) is 11.4. The Balaban J connectivity index is 1.19. The topological polar surface area (TPSA) is 124 Å². The number of nitrogens with one attached hydrogen (secondary N) is 2. The molecule has 5 rings (SSSR count). The standard InChI is InChI=1S/C33H35N5O5S/c1-33(2,3)43-31(41)36-26-16-15-25(21-35-26)22-11-13-24(14-12-22)28(39)34-17-7-18-37-29(40)27(23-9-5-4-6-10-23)30-38(32(37)42)19-8-20-44-30/h4-6,9-16,21H,7-8,17-20H2,1-3H3,(H,34,39)(H,35,36,41). The summed E-state index contributed by atoms with van der Waals surface area (Å²) in [6, 6.07) is 20.0. The largest absolute Gasteiger partial charge is 0.444 e. The van der Waals surface area contributed by atoms with E-state index in [1.807, 2.05) is 48.5 Å². The first-order valence-corrected chi connectivity index (χ1v) is 15.5. The van der Waals surface area contributed by atoms with Crippen molar-refractivity contribution in [2.24, 2.45) is 0 Å². The van der Waals surface area contributed by atoms with Gasteiger partial charge in [-0.25, -0.2) is 14.6 Å². The number of rotatable bonds is 8. The van der Waals surface area contributed by atoms with Gasteiger partial charge in [-0.2, -0.15) is 0 Å². The summed E-state index contributed by atoms with van der Waals surface area (Å²) in [5.74, 6) is 0.990. The van der Waals surface area contributed by atoms with E-state index in [0.717, 1.165) is 33.9 Å². The zero-order valence-electron chi connectivity index (χ0n) is 25.0. The van der Waals surface area contributed by atoms with Crippen molar-refractivity contribution < 1.29 is 14.3 Å². The molecular weight excluding hydrogens is 578 g/mol. The highest BCUT2D eigenvalue weighted by Crippen LogP contribution is 2.31. The maximum absolute atomic E-state index is 13.5. The summed E-state index contributed by atoms with van der Waals surface area (Å²) in [6.45, 7) is 6.45. The Kier molecular flexibility index (Phi) is 9.34. The molecule has 0 aliphatic carbocycles. The molecule has 2 aromatic carbocycles. The Bertz CT molecular complexity index is 1760. The van der Waals surface area contributed by atoms with Crippen LogP contribution >= 0.6 is 11.8 Å². The molecular formula is C33H35N5O5S. The van der Waals surface area contributed by atoms with Crippen LogP contribution in [0, 0.1) is 0 Å². The zero-order valence-corrected chi connectivity index (χ0v) is 25.8. The number of ether oxygens (including phenoxy) is 1. The molecule has 0 saturated carbocycles. The van der Waals surface area contributed by atoms with Gasteiger partial charge < -0.3 is 10.1 Å². The number of carbonyl (C=O) groups is 2. The molecule has 0 spiro atoms. The fourth-order valence-corrected chi connectivity index (χ4v) is 6.01. The molecule has 10 nitrogen and oxygen atoms in total. The second-order valence-corrected chi connectivity index (χ2v) is 12.5. The van der Waals surface area contributed by atoms with Crippen LogP contribution in [-0.4, -0.2) is 44.0 Å². The molecule has 3 heterocycles. The Morgan fingerprint density at radius 3 is 2.36 bits per heavy atom. The first-order chi connectivity index (χ1) is 21.1. The lowest BCUT2D eigenvalue weighted by molar-refractivity contribution is 0.0635. The number of aromatic nitrogens is 3. The predicted molar refractivity (Wildman–Crippen MR) is 172 cm³/mol. The van der Waals surface area contributed by atoms with Crippen LogP contribution in [0.25, 0.3) is 22.3 Å². The third-order valence-electron chi connectivity index (χ3n) is 6.92. The first-order valence-electron chi connectivity index (χ1n) is 14.5. The minimum atomic E-state index is -0.607. The Labute approximate surface area is 259 Å². The van der Waals surface area contributed by atoms with Crippen LogP contribution in [0.1, 0.15) is 44.0 Å². The number of fused-ring (bicyclic) bond motifs is 1. The molecule has 228 valence electrons. The van der Waals surface area contributed by atoms with Crippen molar-refractivity contribution in [3.8, 4) is 22.3 Å². The Morgan fingerprint density at radius 2 is 1.68 bits per heavy atom. The van der Waals surface area contributed by atoms with Gasteiger partial charge in [0.05, 0.1) is 10.6 Å². The third-order valence-corrected chi connectivity index (χ3v) is 8.11. The summed E-state index contributed by atoms with van der Waals surface area (Å²) in [6.07, 6.45) is 2.35. The van der Waals surface area contributed by atoms with Gasteiger partial charge in [0.2, 0.25) is 0 Å². The van der Waals surface area contributed by atoms with E-state index in [0.29, 0.717) is 36.5 Å². The molecule has 0 radical (unpaired) electrons. The van der Waals surface area contributed by atoms with Crippen molar-refractivity contribution in [2.75, 3.05) is 17.6 Å². The van der Waals surface area contributed by atoms with Crippen LogP contribution in [0.2, 0.25) is 0 Å². The molecule has 44 heavy (non-hydrogen) atoms. The van der Waals surface area contributed by atoms with Crippen molar-refractivity contribution in [1.29, 1.82) is 0 Å². The number of amides is 2. The van der Waals surface area contributed by atoms with E-state index in [9.17, 15) is 19.2 Å². The van der Waals surface area contributed by atoms with Crippen molar-refractivity contribution >= 4 is 29.6 Å². The van der Waals surface area contributed by atoms with E-state index in [1.165, 1.54) is 4.57 Å². The summed E-state index contributed by atoms with van der Waals surface area (Å²) in [5, 5.41) is 6.22. The number of benzene rings is 2. The number of carbonyl (C=O) groups excluding carboxylic acids is 2. The minimum absolute atomic E-state index is 0.202. The van der Waals surface area contributed by atoms with Gasteiger partial charge in [0, 0.05) is 42.7 Å². The number of hydrogen-bond donors (Lipinski definition) is 2. The van der Waals surface area contributed by atoms with Gasteiger partial charge >= 0.3 is 11.8 Å². The van der Waals surface area contributed by atoms with Crippen LogP contribution < -0.4 is 21.9 Å². The fraction of sp³-hybridized carbons (Fsp3) is 0.303. The van der Waals surface area contributed by atoms with Crippen molar-refractivity contribution in [3.63, 3.8) is 0 Å². The molecule has 11 heteroatoms. The molecule has 0 unspecified atom stereocenters. The smallest absolute Gasteiger partial charge is 0.413 e. The maximum atomic E-state index is 13.5. The van der Waals surface area contributed by atoms with Gasteiger partial charge in [0.25, 0.3) is 11.5 Å². The molecule has 2 amide bonds. The first kappa shape index (κ1) is 30.8. The van der Waals surface area contributed by atoms with Crippen LogP contribution in [-0.2, 0) is 17.8 Å². The third kappa shape index (κ3) is 7.28. The molecule has 0 saturated heterocycles. The highest BCUT2D eigenvalue weighted by atomic mass is 32.2. The summed E-state index contributed by atoms with van der Waals surface area (Å²) < 4.78 is 8.24. The van der Waals surface area contributed by atoms with Crippen LogP contribution in [0.4, 0.5) is 10.6 Å². The van der Waals surface area contributed by atoms with Gasteiger partial charge in [0.1, 0.15) is 11.4 Å². The Hall–Kier alpha value is -4.64. The highest BCUT2D eigenvalue weighted by Gasteiger charge is 2.23. The summed E-state index contributed by atoms with van der Waals surface area (Å²) >= 11 is 1.55. The zero-order chi connectivity index (χ0) is 31.3. The molecule has 2 aromatic heterocycles. The van der Waals surface area contributed by atoms with Gasteiger partial charge in [-0.1, -0.05) is 42.5 Å². The van der Waals surface area contributed by atoms with Crippen molar-refractivity contribution in [2.45, 2.75) is 57.3 Å². The number of anilines is 1. The molecule has 1 aliphatic heterocycles. The molecule has 0 bridgehead atoms. The lowest BCUT2D eigenvalue weighted by Gasteiger charge is -2.22. The van der Waals surface area contributed by atoms with E-state index in [1.54, 1.807) is 61.5 Å². The minimum Gasteiger partial charge on any atom is -0.444 e. The van der Waals surface area contributed by atoms with E-state index < -0.39 is 11.7 Å². The average Bonchev–Trinajstić information content (AvgIpc) is 3.00. The molecule has 0 fully saturated rings. The highest BCUT2D eigenvalue weighted by molar-refractivity contribution is 7.99. The summed E-state index contributed by atoms with van der Waals surface area (Å²) in [7, 11) is 0. The summed E-state index contributed by atoms with van der Waals surface area (Å²) in [5.41, 5.74) is 2.31. The number of nitrogens with zero attached hydrogens (tertiary/aromatic N) is 3. The van der Waals surface area contributed by atoms with E-state index in [-0.39, 0.29) is 23.7 Å². The second kappa shape index (κ2) is 13.3. The predicted octanol–water partition coefficient (Wildman–Crippen LogP) is 5.40. The van der Waals surface area contributed by atoms with Gasteiger partial charge in [-0.3, -0.25) is 24.0 Å². The molecule has 2 N–H and O–H groups in total. The van der Waals surface area contributed by atoms with E-state index in [4.69, 9.17) is 4.74 Å². The maximum Gasteiger partial charge on any atom is 0.413 e. The Morgan fingerprint density at radius 1 is 0.955 bits per heavy atom. The molecule has 1 aliphatic rings. The fourth-order valence-electron chi connectivity index (χ4n) is 4.87. The summed E-state index contributed by atoms with van der Waals surface area (Å²) in [4.78, 5) is 55.8. The lowest BCUT2D eigenvalue weighted by Crippen LogP contribution is -2.43. The van der Waals surface area contributed by atoms with Gasteiger partial charge in [-0.05, 0) is 69.0 Å². The van der Waals surface area contributed by atoms with Gasteiger partial charge in [0.15, 0.2) is 0 Å². The number of thioether (sulfide) groups is 1. The SMILES string of the molecule is CC(C)(C)OC(=O)Nc1ccc(-c2ccc(C(=O)NCCCn3c(=O)c(-c4ccccc4)c4n(c3=O)CCCS4)cc2)cn1. The lowest BCUT2D eigenvalue weighted by atomic mass is 10.1. The number of pyridine rings is 1. The van der Waals surface area contributed by atoms with E-state index in [2.05, 4.69) is 15.6 Å². The number of hydrogen-bond acceptors (Lipinski definition) is 7. The normalized spacial score (nSPS) is 12.7. The molecule has 4 aromatic rings. The van der Waals surface area contributed by atoms with Crippen LogP contribution in [0.5, 0.6) is 0 Å². The van der Waals surface area contributed by atoms with Gasteiger partial charge in [-0.15, -0.1) is 11.8 Å². The quantitative estimate of drug-likeness (QED) is 0.201. The van der Waals surface area contributed by atoms with Crippen molar-refractivity contribution in [3.05, 3.63) is 99.3 Å².